The van der Waals surface area contributed by atoms with Crippen LogP contribution in [0.15, 0.2) is 36.4 Å². The Morgan fingerprint density at radius 1 is 0.897 bits per heavy atom. The molecule has 0 spiro atoms. The predicted molar refractivity (Wildman–Crippen MR) is 114 cm³/mol. The molecule has 0 saturated carbocycles. The Kier molecular flexibility index (Phi) is 8.49. The molecule has 0 heterocycles. The number of anilines is 2. The summed E-state index contributed by atoms with van der Waals surface area (Å²) in [5.74, 6) is -1.21. The number of nitrogens with one attached hydrogen (secondary N) is 2. The molecule has 0 saturated heterocycles. The molecule has 0 radical (unpaired) electrons. The zero-order valence-electron chi connectivity index (χ0n) is 16.2. The molecule has 0 aliphatic heterocycles. The fourth-order valence-corrected chi connectivity index (χ4v) is 2.76. The summed E-state index contributed by atoms with van der Waals surface area (Å²) in [6.45, 7) is 3.43. The van der Waals surface area contributed by atoms with Crippen LogP contribution in [-0.2, 0) is 19.1 Å². The molecule has 154 valence electrons. The molecule has 0 bridgehead atoms. The Morgan fingerprint density at radius 3 is 2.38 bits per heavy atom. The van der Waals surface area contributed by atoms with Gasteiger partial charge in [0.15, 0.2) is 6.61 Å². The van der Waals surface area contributed by atoms with Crippen LogP contribution < -0.4 is 10.6 Å². The van der Waals surface area contributed by atoms with Gasteiger partial charge in [0.05, 0.1) is 10.0 Å². The maximum Gasteiger partial charge on any atom is 0.306 e. The van der Waals surface area contributed by atoms with E-state index in [4.69, 9.17) is 27.9 Å². The van der Waals surface area contributed by atoms with Gasteiger partial charge in [-0.15, -0.1) is 0 Å². The van der Waals surface area contributed by atoms with Crippen molar-refractivity contribution in [2.45, 2.75) is 33.1 Å². The van der Waals surface area contributed by atoms with Crippen molar-refractivity contribution in [2.75, 3.05) is 17.2 Å². The Balaban J connectivity index is 1.67. The number of hydrogen-bond acceptors (Lipinski definition) is 4. The number of carbonyl (C=O) groups is 3. The number of benzene rings is 2. The van der Waals surface area contributed by atoms with Crippen molar-refractivity contribution in [1.82, 2.24) is 0 Å². The monoisotopic (exact) mass is 436 g/mol. The highest BCUT2D eigenvalue weighted by Gasteiger charge is 2.11. The molecule has 2 rings (SSSR count). The molecule has 0 unspecified atom stereocenters. The number of rotatable bonds is 8. The summed E-state index contributed by atoms with van der Waals surface area (Å²) in [5.41, 5.74) is 3.14. The molecule has 2 aromatic rings. The van der Waals surface area contributed by atoms with Crippen LogP contribution in [0.4, 0.5) is 11.4 Å². The second kappa shape index (κ2) is 10.8. The second-order valence-electron chi connectivity index (χ2n) is 6.56. The van der Waals surface area contributed by atoms with Gasteiger partial charge in [0.2, 0.25) is 5.91 Å². The standard InChI is InChI=1S/C21H22Cl2N2O4/c1-13-6-7-14(2)18(10-13)25-20(27)12-29-21(28)5-3-4-19(26)24-15-8-9-16(22)17(23)11-15/h6-11H,3-5,12H2,1-2H3,(H,24,26)(H,25,27). The number of carbonyl (C=O) groups excluding carboxylic acids is 3. The molecule has 2 amide bonds. The number of ether oxygens (including phenoxy) is 1. The third-order valence-electron chi connectivity index (χ3n) is 4.02. The van der Waals surface area contributed by atoms with Crippen LogP contribution >= 0.6 is 23.2 Å². The topological polar surface area (TPSA) is 84.5 Å². The number of esters is 1. The summed E-state index contributed by atoms with van der Waals surface area (Å²) in [4.78, 5) is 35.6. The average molecular weight is 437 g/mol. The highest BCUT2D eigenvalue weighted by molar-refractivity contribution is 6.42. The predicted octanol–water partition coefficient (Wildman–Crippen LogP) is 4.90. The summed E-state index contributed by atoms with van der Waals surface area (Å²) < 4.78 is 4.96. The summed E-state index contributed by atoms with van der Waals surface area (Å²) >= 11 is 11.7. The number of aryl methyl sites for hydroxylation is 2. The first-order valence-corrected chi connectivity index (χ1v) is 9.78. The average Bonchev–Trinajstić information content (AvgIpc) is 2.66. The minimum Gasteiger partial charge on any atom is -0.456 e. The summed E-state index contributed by atoms with van der Waals surface area (Å²) in [6, 6.07) is 10.5. The number of halogens is 2. The minimum atomic E-state index is -0.538. The van der Waals surface area contributed by atoms with Crippen molar-refractivity contribution in [3.05, 3.63) is 57.6 Å². The molecule has 6 nitrogen and oxygen atoms in total. The fourth-order valence-electron chi connectivity index (χ4n) is 2.47. The van der Waals surface area contributed by atoms with E-state index in [1.165, 1.54) is 0 Å². The molecule has 29 heavy (non-hydrogen) atoms. The van der Waals surface area contributed by atoms with Gasteiger partial charge < -0.3 is 15.4 Å². The summed E-state index contributed by atoms with van der Waals surface area (Å²) in [5, 5.41) is 6.13. The molecule has 0 aliphatic carbocycles. The second-order valence-corrected chi connectivity index (χ2v) is 7.37. The van der Waals surface area contributed by atoms with Crippen molar-refractivity contribution in [3.8, 4) is 0 Å². The van der Waals surface area contributed by atoms with Gasteiger partial charge in [-0.05, 0) is 55.7 Å². The SMILES string of the molecule is Cc1ccc(C)c(NC(=O)COC(=O)CCCC(=O)Nc2ccc(Cl)c(Cl)c2)c1. The third kappa shape index (κ3) is 7.75. The summed E-state index contributed by atoms with van der Waals surface area (Å²) in [6.07, 6.45) is 0.459. The molecule has 0 atom stereocenters. The van der Waals surface area contributed by atoms with Gasteiger partial charge in [0.1, 0.15) is 0 Å². The van der Waals surface area contributed by atoms with Crippen LogP contribution in [0.1, 0.15) is 30.4 Å². The smallest absolute Gasteiger partial charge is 0.306 e. The van der Waals surface area contributed by atoms with Crippen molar-refractivity contribution in [1.29, 1.82) is 0 Å². The van der Waals surface area contributed by atoms with E-state index in [0.29, 0.717) is 27.8 Å². The van der Waals surface area contributed by atoms with Gasteiger partial charge in [-0.25, -0.2) is 0 Å². The highest BCUT2D eigenvalue weighted by Crippen LogP contribution is 2.25. The Bertz CT molecular complexity index is 916. The van der Waals surface area contributed by atoms with Crippen molar-refractivity contribution >= 4 is 52.4 Å². The lowest BCUT2D eigenvalue weighted by Crippen LogP contribution is -2.21. The van der Waals surface area contributed by atoms with Gasteiger partial charge in [-0.2, -0.15) is 0 Å². The van der Waals surface area contributed by atoms with E-state index < -0.39 is 11.9 Å². The van der Waals surface area contributed by atoms with E-state index in [1.54, 1.807) is 18.2 Å². The molecule has 2 aromatic carbocycles. The van der Waals surface area contributed by atoms with Gasteiger partial charge in [-0.1, -0.05) is 35.3 Å². The highest BCUT2D eigenvalue weighted by atomic mass is 35.5. The zero-order valence-corrected chi connectivity index (χ0v) is 17.7. The van der Waals surface area contributed by atoms with Gasteiger partial charge in [0.25, 0.3) is 5.91 Å². The molecular weight excluding hydrogens is 415 g/mol. The van der Waals surface area contributed by atoms with Crippen molar-refractivity contribution in [3.63, 3.8) is 0 Å². The van der Waals surface area contributed by atoms with Gasteiger partial charge in [-0.3, -0.25) is 14.4 Å². The molecule has 0 fully saturated rings. The lowest BCUT2D eigenvalue weighted by molar-refractivity contribution is -0.147. The summed E-state index contributed by atoms with van der Waals surface area (Å²) in [7, 11) is 0. The molecule has 0 aliphatic rings. The lowest BCUT2D eigenvalue weighted by atomic mass is 10.1. The van der Waals surface area contributed by atoms with E-state index >= 15 is 0 Å². The fraction of sp³-hybridized carbons (Fsp3) is 0.286. The van der Waals surface area contributed by atoms with Crippen LogP contribution in [0, 0.1) is 13.8 Å². The normalized spacial score (nSPS) is 10.3. The first kappa shape index (κ1) is 22.7. The third-order valence-corrected chi connectivity index (χ3v) is 4.76. The molecular formula is C21H22Cl2N2O4. The molecule has 8 heteroatoms. The van der Waals surface area contributed by atoms with Crippen LogP contribution in [0.25, 0.3) is 0 Å². The van der Waals surface area contributed by atoms with E-state index in [9.17, 15) is 14.4 Å². The first-order chi connectivity index (χ1) is 13.7. The number of hydrogen-bond donors (Lipinski definition) is 2. The zero-order chi connectivity index (χ0) is 21.4. The van der Waals surface area contributed by atoms with E-state index in [0.717, 1.165) is 11.1 Å². The number of amides is 2. The Hall–Kier alpha value is -2.57. The Morgan fingerprint density at radius 2 is 1.66 bits per heavy atom. The van der Waals surface area contributed by atoms with Crippen LogP contribution in [0.5, 0.6) is 0 Å². The van der Waals surface area contributed by atoms with Crippen molar-refractivity contribution < 1.29 is 19.1 Å². The molecule has 0 aromatic heterocycles. The Labute approximate surface area is 179 Å². The first-order valence-electron chi connectivity index (χ1n) is 9.02. The quantitative estimate of drug-likeness (QED) is 0.576. The maximum absolute atomic E-state index is 11.9. The van der Waals surface area contributed by atoms with Crippen LogP contribution in [0.2, 0.25) is 10.0 Å². The van der Waals surface area contributed by atoms with E-state index in [1.807, 2.05) is 32.0 Å². The lowest BCUT2D eigenvalue weighted by Gasteiger charge is -2.10. The van der Waals surface area contributed by atoms with Crippen molar-refractivity contribution in [2.24, 2.45) is 0 Å². The van der Waals surface area contributed by atoms with E-state index in [2.05, 4.69) is 10.6 Å². The minimum absolute atomic E-state index is 0.0333. The van der Waals surface area contributed by atoms with Crippen LogP contribution in [-0.4, -0.2) is 24.4 Å². The van der Waals surface area contributed by atoms with Crippen LogP contribution in [0.3, 0.4) is 0 Å². The van der Waals surface area contributed by atoms with Gasteiger partial charge >= 0.3 is 5.97 Å². The molecule has 2 N–H and O–H groups in total. The maximum atomic E-state index is 11.9. The largest absolute Gasteiger partial charge is 0.456 e. The van der Waals surface area contributed by atoms with Gasteiger partial charge in [0, 0.05) is 24.2 Å². The van der Waals surface area contributed by atoms with E-state index in [-0.39, 0.29) is 25.4 Å².